The van der Waals surface area contributed by atoms with Crippen LogP contribution in [0.1, 0.15) is 16.8 Å². The van der Waals surface area contributed by atoms with E-state index in [1.807, 2.05) is 34.9 Å². The predicted octanol–water partition coefficient (Wildman–Crippen LogP) is 4.08. The van der Waals surface area contributed by atoms with E-state index >= 15 is 0 Å². The zero-order valence-corrected chi connectivity index (χ0v) is 15.9. The molecule has 6 nitrogen and oxygen atoms in total. The maximum Gasteiger partial charge on any atom is 0.191 e. The molecule has 0 saturated carbocycles. The van der Waals surface area contributed by atoms with Crippen LogP contribution in [0.4, 0.5) is 0 Å². The minimum Gasteiger partial charge on any atom is -0.457 e. The molecule has 0 radical (unpaired) electrons. The number of benzene rings is 2. The van der Waals surface area contributed by atoms with Crippen LogP contribution in [0.2, 0.25) is 0 Å². The molecular weight excluding hydrogens is 362 g/mol. The number of para-hydroxylation sites is 1. The highest BCUT2D eigenvalue weighted by Crippen LogP contribution is 2.22. The molecular formula is C20H21N3O3S. The van der Waals surface area contributed by atoms with Gasteiger partial charge in [-0.15, -0.1) is 10.2 Å². The number of ether oxygens (including phenoxy) is 2. The fourth-order valence-corrected chi connectivity index (χ4v) is 3.27. The van der Waals surface area contributed by atoms with Crippen molar-refractivity contribution in [1.82, 2.24) is 14.8 Å². The average Bonchev–Trinajstić information content (AvgIpc) is 3.15. The van der Waals surface area contributed by atoms with Crippen LogP contribution in [0, 0.1) is 0 Å². The molecule has 0 spiro atoms. The molecule has 0 atom stereocenters. The van der Waals surface area contributed by atoms with Gasteiger partial charge in [-0.3, -0.25) is 4.79 Å². The van der Waals surface area contributed by atoms with Gasteiger partial charge in [0.05, 0.1) is 5.75 Å². The van der Waals surface area contributed by atoms with Crippen molar-refractivity contribution in [3.63, 3.8) is 0 Å². The second kappa shape index (κ2) is 9.89. The molecule has 1 heterocycles. The van der Waals surface area contributed by atoms with Crippen LogP contribution in [0.5, 0.6) is 11.5 Å². The zero-order chi connectivity index (χ0) is 18.9. The summed E-state index contributed by atoms with van der Waals surface area (Å²) in [5, 5.41) is 8.75. The van der Waals surface area contributed by atoms with Crippen LogP contribution >= 0.6 is 11.8 Å². The SMILES string of the molecule is COCCCn1cnnc1SCC(=O)c1ccc(Oc2ccccc2)cc1. The molecule has 3 aromatic rings. The van der Waals surface area contributed by atoms with Crippen molar-refractivity contribution in [3.8, 4) is 11.5 Å². The summed E-state index contributed by atoms with van der Waals surface area (Å²) in [6.07, 6.45) is 2.55. The molecule has 0 aliphatic rings. The molecule has 0 bridgehead atoms. The fraction of sp³-hybridized carbons (Fsp3) is 0.250. The largest absolute Gasteiger partial charge is 0.457 e. The van der Waals surface area contributed by atoms with Gasteiger partial charge in [0.25, 0.3) is 0 Å². The lowest BCUT2D eigenvalue weighted by Gasteiger charge is -2.07. The van der Waals surface area contributed by atoms with Crippen molar-refractivity contribution >= 4 is 17.5 Å². The number of carbonyl (C=O) groups excluding carboxylic acids is 1. The minimum atomic E-state index is 0.0395. The predicted molar refractivity (Wildman–Crippen MR) is 105 cm³/mol. The topological polar surface area (TPSA) is 66.2 Å². The number of methoxy groups -OCH3 is 1. The van der Waals surface area contributed by atoms with E-state index in [1.165, 1.54) is 11.8 Å². The number of nitrogens with zero attached hydrogens (tertiary/aromatic N) is 3. The van der Waals surface area contributed by atoms with Crippen LogP contribution < -0.4 is 4.74 Å². The highest BCUT2D eigenvalue weighted by atomic mass is 32.2. The number of thioether (sulfide) groups is 1. The first-order chi connectivity index (χ1) is 13.3. The van der Waals surface area contributed by atoms with Crippen molar-refractivity contribution < 1.29 is 14.3 Å². The second-order valence-electron chi connectivity index (χ2n) is 5.80. The number of hydrogen-bond donors (Lipinski definition) is 0. The molecule has 7 heteroatoms. The number of Topliss-reactive ketones (excluding diaryl/α,β-unsaturated/α-hetero) is 1. The first-order valence-corrected chi connectivity index (χ1v) is 9.60. The summed E-state index contributed by atoms with van der Waals surface area (Å²) >= 11 is 1.39. The molecule has 0 amide bonds. The van der Waals surface area contributed by atoms with Crippen LogP contribution in [0.15, 0.2) is 66.1 Å². The molecule has 0 saturated heterocycles. The Morgan fingerprint density at radius 1 is 1.07 bits per heavy atom. The van der Waals surface area contributed by atoms with E-state index in [0.717, 1.165) is 23.9 Å². The van der Waals surface area contributed by atoms with Crippen LogP contribution in [-0.2, 0) is 11.3 Å². The monoisotopic (exact) mass is 383 g/mol. The van der Waals surface area contributed by atoms with Crippen molar-refractivity contribution in [1.29, 1.82) is 0 Å². The third-order valence-electron chi connectivity index (χ3n) is 3.82. The Morgan fingerprint density at radius 3 is 2.56 bits per heavy atom. The lowest BCUT2D eigenvalue weighted by atomic mass is 10.1. The third-order valence-corrected chi connectivity index (χ3v) is 4.80. The summed E-state index contributed by atoms with van der Waals surface area (Å²) in [7, 11) is 1.68. The van der Waals surface area contributed by atoms with E-state index in [0.29, 0.717) is 23.7 Å². The van der Waals surface area contributed by atoms with Gasteiger partial charge in [-0.05, 0) is 42.8 Å². The fourth-order valence-electron chi connectivity index (χ4n) is 2.44. The van der Waals surface area contributed by atoms with E-state index in [1.54, 1.807) is 37.7 Å². The zero-order valence-electron chi connectivity index (χ0n) is 15.1. The van der Waals surface area contributed by atoms with E-state index in [4.69, 9.17) is 9.47 Å². The maximum atomic E-state index is 12.4. The van der Waals surface area contributed by atoms with Crippen molar-refractivity contribution in [2.75, 3.05) is 19.5 Å². The van der Waals surface area contributed by atoms with Gasteiger partial charge in [-0.25, -0.2) is 0 Å². The molecule has 0 fully saturated rings. The van der Waals surface area contributed by atoms with Crippen molar-refractivity contribution in [2.45, 2.75) is 18.1 Å². The maximum absolute atomic E-state index is 12.4. The number of hydrogen-bond acceptors (Lipinski definition) is 6. The Kier molecular flexibility index (Phi) is 7.01. The molecule has 0 aliphatic carbocycles. The summed E-state index contributed by atoms with van der Waals surface area (Å²) < 4.78 is 12.7. The van der Waals surface area contributed by atoms with Crippen LogP contribution in [0.3, 0.4) is 0 Å². The van der Waals surface area contributed by atoms with Gasteiger partial charge < -0.3 is 14.0 Å². The highest BCUT2D eigenvalue weighted by molar-refractivity contribution is 7.99. The van der Waals surface area contributed by atoms with Crippen molar-refractivity contribution in [3.05, 3.63) is 66.5 Å². The van der Waals surface area contributed by atoms with Gasteiger partial charge in [-0.1, -0.05) is 30.0 Å². The molecule has 0 N–H and O–H groups in total. The summed E-state index contributed by atoms with van der Waals surface area (Å²) in [6, 6.07) is 16.7. The van der Waals surface area contributed by atoms with Gasteiger partial charge in [0, 0.05) is 25.8 Å². The molecule has 140 valence electrons. The van der Waals surface area contributed by atoms with E-state index in [-0.39, 0.29) is 5.78 Å². The highest BCUT2D eigenvalue weighted by Gasteiger charge is 2.11. The van der Waals surface area contributed by atoms with Gasteiger partial charge in [0.1, 0.15) is 17.8 Å². The standard InChI is InChI=1S/C20H21N3O3S/c1-25-13-5-12-23-15-21-22-20(23)27-14-19(24)16-8-10-18(11-9-16)26-17-6-3-2-4-7-17/h2-4,6-11,15H,5,12-14H2,1H3. The van der Waals surface area contributed by atoms with Gasteiger partial charge >= 0.3 is 0 Å². The van der Waals surface area contributed by atoms with E-state index < -0.39 is 0 Å². The molecule has 27 heavy (non-hydrogen) atoms. The van der Waals surface area contributed by atoms with Crippen LogP contribution in [0.25, 0.3) is 0 Å². The lowest BCUT2D eigenvalue weighted by Crippen LogP contribution is -2.06. The smallest absolute Gasteiger partial charge is 0.191 e. The van der Waals surface area contributed by atoms with E-state index in [2.05, 4.69) is 10.2 Å². The Balaban J connectivity index is 1.53. The lowest BCUT2D eigenvalue weighted by molar-refractivity contribution is 0.102. The number of carbonyl (C=O) groups is 1. The Morgan fingerprint density at radius 2 is 1.81 bits per heavy atom. The Bertz CT molecular complexity index is 850. The third kappa shape index (κ3) is 5.67. The van der Waals surface area contributed by atoms with Gasteiger partial charge in [0.15, 0.2) is 10.9 Å². The Hall–Kier alpha value is -2.64. The molecule has 2 aromatic carbocycles. The number of ketones is 1. The molecule has 0 aliphatic heterocycles. The average molecular weight is 383 g/mol. The second-order valence-corrected chi connectivity index (χ2v) is 6.75. The Labute approximate surface area is 162 Å². The molecule has 1 aromatic heterocycles. The number of aryl methyl sites for hydroxylation is 1. The van der Waals surface area contributed by atoms with Crippen LogP contribution in [-0.4, -0.2) is 40.0 Å². The summed E-state index contributed by atoms with van der Waals surface area (Å²) in [5.41, 5.74) is 0.647. The summed E-state index contributed by atoms with van der Waals surface area (Å²) in [4.78, 5) is 12.4. The summed E-state index contributed by atoms with van der Waals surface area (Å²) in [5.74, 6) is 1.81. The normalized spacial score (nSPS) is 10.7. The van der Waals surface area contributed by atoms with Gasteiger partial charge in [0.2, 0.25) is 0 Å². The number of rotatable bonds is 10. The van der Waals surface area contributed by atoms with E-state index in [9.17, 15) is 4.79 Å². The summed E-state index contributed by atoms with van der Waals surface area (Å²) in [6.45, 7) is 1.45. The first-order valence-electron chi connectivity index (χ1n) is 8.62. The van der Waals surface area contributed by atoms with Crippen molar-refractivity contribution in [2.24, 2.45) is 0 Å². The number of aromatic nitrogens is 3. The molecule has 3 rings (SSSR count). The quantitative estimate of drug-likeness (QED) is 0.299. The first kappa shape index (κ1) is 19.1. The molecule has 0 unspecified atom stereocenters. The minimum absolute atomic E-state index is 0.0395. The van der Waals surface area contributed by atoms with Gasteiger partial charge in [-0.2, -0.15) is 0 Å².